The number of aliphatic hydroxyl groups is 1. The summed E-state index contributed by atoms with van der Waals surface area (Å²) in [6, 6.07) is 4.83. The predicted octanol–water partition coefficient (Wildman–Crippen LogP) is 2.57. The van der Waals surface area contributed by atoms with Crippen LogP contribution in [0.15, 0.2) is 18.2 Å². The Morgan fingerprint density at radius 3 is 2.44 bits per heavy atom. The first-order valence-electron chi connectivity index (χ1n) is 9.35. The molecule has 152 valence electrons. The highest BCUT2D eigenvalue weighted by molar-refractivity contribution is 5.99. The summed E-state index contributed by atoms with van der Waals surface area (Å²) in [5.41, 5.74) is 0.901. The number of carbonyl (C=O) groups is 2. The van der Waals surface area contributed by atoms with Crippen molar-refractivity contribution in [2.24, 2.45) is 0 Å². The fourth-order valence-electron chi connectivity index (χ4n) is 2.45. The number of aliphatic hydroxyl groups excluding tert-OH is 1. The highest BCUT2D eigenvalue weighted by Gasteiger charge is 2.18. The van der Waals surface area contributed by atoms with Crippen molar-refractivity contribution in [3.8, 4) is 5.75 Å². The maximum atomic E-state index is 12.2. The van der Waals surface area contributed by atoms with Gasteiger partial charge in [-0.25, -0.2) is 4.79 Å². The molecule has 0 fully saturated rings. The Labute approximate surface area is 162 Å². The summed E-state index contributed by atoms with van der Waals surface area (Å²) in [4.78, 5) is 25.8. The van der Waals surface area contributed by atoms with E-state index >= 15 is 0 Å². The van der Waals surface area contributed by atoms with Gasteiger partial charge >= 0.3 is 6.03 Å². The third-order valence-electron chi connectivity index (χ3n) is 3.84. The van der Waals surface area contributed by atoms with Gasteiger partial charge in [-0.3, -0.25) is 9.69 Å². The van der Waals surface area contributed by atoms with Crippen LogP contribution in [-0.2, 0) is 0 Å². The first-order valence-corrected chi connectivity index (χ1v) is 9.35. The predicted molar refractivity (Wildman–Crippen MR) is 108 cm³/mol. The molecular formula is C20H33N3O4. The molecule has 1 aromatic carbocycles. The Morgan fingerprint density at radius 2 is 1.93 bits per heavy atom. The van der Waals surface area contributed by atoms with Crippen LogP contribution in [0.2, 0.25) is 0 Å². The Morgan fingerprint density at radius 1 is 1.26 bits per heavy atom. The SMILES string of the molecule is CCNC(=O)N(CC)c1ccc(OCC(O)CNC(C)(C)C)c(C(C)=O)c1. The van der Waals surface area contributed by atoms with Crippen molar-refractivity contribution >= 4 is 17.5 Å². The number of Topliss-reactive ketones (excluding diaryl/α,β-unsaturated/α-hetero) is 1. The molecule has 1 unspecified atom stereocenters. The molecule has 0 aliphatic carbocycles. The molecule has 0 aliphatic rings. The molecule has 7 nitrogen and oxygen atoms in total. The summed E-state index contributed by atoms with van der Waals surface area (Å²) in [6.45, 7) is 12.7. The highest BCUT2D eigenvalue weighted by atomic mass is 16.5. The normalized spacial score (nSPS) is 12.4. The minimum Gasteiger partial charge on any atom is -0.490 e. The first-order chi connectivity index (χ1) is 12.6. The van der Waals surface area contributed by atoms with Gasteiger partial charge in [0, 0.05) is 30.9 Å². The first kappa shape index (κ1) is 22.9. The van der Waals surface area contributed by atoms with E-state index in [9.17, 15) is 14.7 Å². The van der Waals surface area contributed by atoms with Crippen molar-refractivity contribution in [1.29, 1.82) is 0 Å². The van der Waals surface area contributed by atoms with Crippen LogP contribution in [-0.4, -0.2) is 54.8 Å². The molecule has 1 atom stereocenters. The van der Waals surface area contributed by atoms with E-state index in [2.05, 4.69) is 10.6 Å². The van der Waals surface area contributed by atoms with Gasteiger partial charge in [0.15, 0.2) is 5.78 Å². The molecule has 0 saturated heterocycles. The second kappa shape index (κ2) is 10.3. The number of nitrogens with zero attached hydrogens (tertiary/aromatic N) is 1. The molecule has 0 spiro atoms. The summed E-state index contributed by atoms with van der Waals surface area (Å²) in [5.74, 6) is 0.231. The van der Waals surface area contributed by atoms with Crippen molar-refractivity contribution in [2.45, 2.75) is 53.2 Å². The Balaban J connectivity index is 2.90. The lowest BCUT2D eigenvalue weighted by molar-refractivity contribution is 0.0950. The van der Waals surface area contributed by atoms with Gasteiger partial charge in [0.05, 0.1) is 5.56 Å². The van der Waals surface area contributed by atoms with Crippen LogP contribution >= 0.6 is 0 Å². The van der Waals surface area contributed by atoms with Gasteiger partial charge in [0.1, 0.15) is 18.5 Å². The Bertz CT molecular complexity index is 641. The number of hydrogen-bond donors (Lipinski definition) is 3. The number of urea groups is 1. The summed E-state index contributed by atoms with van der Waals surface area (Å²) < 4.78 is 5.67. The smallest absolute Gasteiger partial charge is 0.321 e. The molecule has 1 rings (SSSR count). The molecule has 27 heavy (non-hydrogen) atoms. The van der Waals surface area contributed by atoms with Crippen LogP contribution in [0.25, 0.3) is 0 Å². The van der Waals surface area contributed by atoms with Gasteiger partial charge in [-0.05, 0) is 59.7 Å². The lowest BCUT2D eigenvalue weighted by Gasteiger charge is -2.24. The second-order valence-corrected chi connectivity index (χ2v) is 7.41. The topological polar surface area (TPSA) is 90.9 Å². The van der Waals surface area contributed by atoms with Crippen LogP contribution in [0, 0.1) is 0 Å². The number of nitrogens with one attached hydrogen (secondary N) is 2. The van der Waals surface area contributed by atoms with Crippen LogP contribution in [0.3, 0.4) is 0 Å². The molecule has 0 bridgehead atoms. The van der Waals surface area contributed by atoms with E-state index in [-0.39, 0.29) is 24.0 Å². The lowest BCUT2D eigenvalue weighted by Crippen LogP contribution is -2.42. The van der Waals surface area contributed by atoms with Gasteiger partial charge in [-0.15, -0.1) is 0 Å². The van der Waals surface area contributed by atoms with E-state index < -0.39 is 6.10 Å². The van der Waals surface area contributed by atoms with Crippen molar-refractivity contribution in [3.05, 3.63) is 23.8 Å². The minimum absolute atomic E-state index is 0.0660. The summed E-state index contributed by atoms with van der Waals surface area (Å²) in [5, 5.41) is 16.0. The molecule has 0 aromatic heterocycles. The van der Waals surface area contributed by atoms with Crippen molar-refractivity contribution in [2.75, 3.05) is 31.1 Å². The van der Waals surface area contributed by atoms with E-state index in [0.29, 0.717) is 36.6 Å². The molecular weight excluding hydrogens is 346 g/mol. The van der Waals surface area contributed by atoms with E-state index in [1.165, 1.54) is 6.92 Å². The number of amides is 2. The summed E-state index contributed by atoms with van der Waals surface area (Å²) in [7, 11) is 0. The summed E-state index contributed by atoms with van der Waals surface area (Å²) >= 11 is 0. The monoisotopic (exact) mass is 379 g/mol. The molecule has 3 N–H and O–H groups in total. The zero-order chi connectivity index (χ0) is 20.6. The average molecular weight is 380 g/mol. The number of benzene rings is 1. The van der Waals surface area contributed by atoms with E-state index in [1.54, 1.807) is 23.1 Å². The van der Waals surface area contributed by atoms with E-state index in [1.807, 2.05) is 34.6 Å². The molecule has 0 saturated carbocycles. The number of β-amino-alcohol motifs (C(OH)–C–C–N with tert-alkyl or cyclic N) is 1. The summed E-state index contributed by atoms with van der Waals surface area (Å²) in [6.07, 6.45) is -0.703. The van der Waals surface area contributed by atoms with Gasteiger partial charge in [-0.2, -0.15) is 0 Å². The molecule has 1 aromatic rings. The lowest BCUT2D eigenvalue weighted by atomic mass is 10.1. The fourth-order valence-corrected chi connectivity index (χ4v) is 2.45. The van der Waals surface area contributed by atoms with Crippen LogP contribution in [0.1, 0.15) is 51.9 Å². The number of anilines is 1. The van der Waals surface area contributed by atoms with Gasteiger partial charge < -0.3 is 20.5 Å². The Hall–Kier alpha value is -2.12. The number of ether oxygens (including phenoxy) is 1. The van der Waals surface area contributed by atoms with Crippen LogP contribution in [0.4, 0.5) is 10.5 Å². The standard InChI is InChI=1S/C20H33N3O4/c1-7-21-19(26)23(8-2)15-9-10-18(17(11-15)14(3)24)27-13-16(25)12-22-20(4,5)6/h9-11,16,22,25H,7-8,12-13H2,1-6H3,(H,21,26). The largest absolute Gasteiger partial charge is 0.490 e. The van der Waals surface area contributed by atoms with Crippen LogP contribution in [0.5, 0.6) is 5.75 Å². The van der Waals surface area contributed by atoms with Crippen molar-refractivity contribution in [3.63, 3.8) is 0 Å². The number of ketones is 1. The molecule has 0 radical (unpaired) electrons. The maximum Gasteiger partial charge on any atom is 0.321 e. The van der Waals surface area contributed by atoms with Gasteiger partial charge in [-0.1, -0.05) is 0 Å². The van der Waals surface area contributed by atoms with Crippen molar-refractivity contribution in [1.82, 2.24) is 10.6 Å². The van der Waals surface area contributed by atoms with Crippen LogP contribution < -0.4 is 20.3 Å². The zero-order valence-corrected chi connectivity index (χ0v) is 17.3. The number of hydrogen-bond acceptors (Lipinski definition) is 5. The molecule has 7 heteroatoms. The maximum absolute atomic E-state index is 12.2. The third kappa shape index (κ3) is 7.56. The average Bonchev–Trinajstić information content (AvgIpc) is 2.58. The van der Waals surface area contributed by atoms with Crippen molar-refractivity contribution < 1.29 is 19.4 Å². The quantitative estimate of drug-likeness (QED) is 0.574. The molecule has 2 amide bonds. The molecule has 0 aliphatic heterocycles. The van der Waals surface area contributed by atoms with Gasteiger partial charge in [0.25, 0.3) is 0 Å². The van der Waals surface area contributed by atoms with E-state index in [0.717, 1.165) is 0 Å². The minimum atomic E-state index is -0.703. The Kier molecular flexibility index (Phi) is 8.72. The molecule has 0 heterocycles. The number of carbonyl (C=O) groups excluding carboxylic acids is 2. The third-order valence-corrected chi connectivity index (χ3v) is 3.84. The van der Waals surface area contributed by atoms with E-state index in [4.69, 9.17) is 4.74 Å². The zero-order valence-electron chi connectivity index (χ0n) is 17.3. The second-order valence-electron chi connectivity index (χ2n) is 7.41. The highest BCUT2D eigenvalue weighted by Crippen LogP contribution is 2.26. The fraction of sp³-hybridized carbons (Fsp3) is 0.600. The number of rotatable bonds is 9. The van der Waals surface area contributed by atoms with Gasteiger partial charge in [0.2, 0.25) is 0 Å².